The van der Waals surface area contributed by atoms with Gasteiger partial charge in [0, 0.05) is 18.3 Å². The van der Waals surface area contributed by atoms with Gasteiger partial charge in [0.25, 0.3) is 0 Å². The Morgan fingerprint density at radius 3 is 2.63 bits per heavy atom. The molecule has 2 aromatic rings. The summed E-state index contributed by atoms with van der Waals surface area (Å²) in [7, 11) is 3.57. The first-order valence-corrected chi connectivity index (χ1v) is 6.16. The van der Waals surface area contributed by atoms with Crippen molar-refractivity contribution in [3.05, 3.63) is 53.9 Å². The van der Waals surface area contributed by atoms with Crippen LogP contribution in [0.2, 0.25) is 0 Å². The molecule has 1 aromatic heterocycles. The molecule has 4 nitrogen and oxygen atoms in total. The quantitative estimate of drug-likeness (QED) is 0.864. The number of rotatable bonds is 6. The second-order valence-corrected chi connectivity index (χ2v) is 4.15. The Kier molecular flexibility index (Phi) is 4.75. The van der Waals surface area contributed by atoms with Crippen LogP contribution in [0.15, 0.2) is 42.7 Å². The molecule has 2 rings (SSSR count). The van der Waals surface area contributed by atoms with Gasteiger partial charge in [-0.15, -0.1) is 0 Å². The fourth-order valence-electron chi connectivity index (χ4n) is 1.76. The van der Waals surface area contributed by atoms with Gasteiger partial charge in [0.1, 0.15) is 18.1 Å². The third-order valence-electron chi connectivity index (χ3n) is 2.79. The Balaban J connectivity index is 2.01. The average molecular weight is 258 g/mol. The summed E-state index contributed by atoms with van der Waals surface area (Å²) >= 11 is 0. The van der Waals surface area contributed by atoms with Gasteiger partial charge in [-0.3, -0.25) is 4.98 Å². The maximum absolute atomic E-state index is 5.81. The lowest BCUT2D eigenvalue weighted by molar-refractivity contribution is 0.301. The molecule has 0 fully saturated rings. The number of aromatic nitrogens is 1. The molecule has 100 valence electrons. The highest BCUT2D eigenvalue weighted by Crippen LogP contribution is 2.18. The lowest BCUT2D eigenvalue weighted by atomic mass is 10.2. The van der Waals surface area contributed by atoms with Gasteiger partial charge in [0.05, 0.1) is 13.3 Å². The molecule has 4 heteroatoms. The van der Waals surface area contributed by atoms with Crippen molar-refractivity contribution in [3.63, 3.8) is 0 Å². The lowest BCUT2D eigenvalue weighted by Crippen LogP contribution is -2.07. The molecule has 19 heavy (non-hydrogen) atoms. The first kappa shape index (κ1) is 13.4. The minimum Gasteiger partial charge on any atom is -0.497 e. The molecular weight excluding hydrogens is 240 g/mol. The van der Waals surface area contributed by atoms with E-state index < -0.39 is 0 Å². The van der Waals surface area contributed by atoms with Crippen molar-refractivity contribution in [3.8, 4) is 11.5 Å². The molecule has 1 heterocycles. The van der Waals surface area contributed by atoms with Gasteiger partial charge in [0.2, 0.25) is 0 Å². The van der Waals surface area contributed by atoms with Crippen molar-refractivity contribution >= 4 is 0 Å². The highest BCUT2D eigenvalue weighted by Gasteiger charge is 2.03. The fraction of sp³-hybridized carbons (Fsp3) is 0.267. The maximum Gasteiger partial charge on any atom is 0.142 e. The molecule has 0 unspecified atom stereocenters. The van der Waals surface area contributed by atoms with Gasteiger partial charge in [-0.25, -0.2) is 0 Å². The van der Waals surface area contributed by atoms with E-state index in [4.69, 9.17) is 9.47 Å². The minimum absolute atomic E-state index is 0.520. The summed E-state index contributed by atoms with van der Waals surface area (Å²) in [4.78, 5) is 4.09. The van der Waals surface area contributed by atoms with E-state index in [1.54, 1.807) is 19.5 Å². The molecule has 0 aliphatic carbocycles. The largest absolute Gasteiger partial charge is 0.497 e. The third-order valence-corrected chi connectivity index (χ3v) is 2.79. The molecule has 0 saturated heterocycles. The lowest BCUT2D eigenvalue weighted by Gasteiger charge is -2.11. The molecule has 0 atom stereocenters. The van der Waals surface area contributed by atoms with Crippen LogP contribution in [0.5, 0.6) is 11.5 Å². The van der Waals surface area contributed by atoms with Crippen LogP contribution >= 0.6 is 0 Å². The third kappa shape index (κ3) is 3.69. The van der Waals surface area contributed by atoms with Crippen molar-refractivity contribution in [1.29, 1.82) is 0 Å². The number of nitrogens with zero attached hydrogens (tertiary/aromatic N) is 1. The Morgan fingerprint density at radius 1 is 1.16 bits per heavy atom. The van der Waals surface area contributed by atoms with Gasteiger partial charge in [-0.1, -0.05) is 12.1 Å². The van der Waals surface area contributed by atoms with Crippen LogP contribution in [-0.4, -0.2) is 19.1 Å². The summed E-state index contributed by atoms with van der Waals surface area (Å²) in [5, 5.41) is 3.11. The number of methoxy groups -OCH3 is 1. The predicted octanol–water partition coefficient (Wildman–Crippen LogP) is 2.39. The molecule has 0 aliphatic rings. The SMILES string of the molecule is CNCc1ccncc1OCc1ccc(OC)cc1. The summed E-state index contributed by atoms with van der Waals surface area (Å²) in [6.07, 6.45) is 3.52. The molecule has 1 aromatic carbocycles. The van der Waals surface area contributed by atoms with E-state index in [0.717, 1.165) is 29.2 Å². The molecule has 0 aliphatic heterocycles. The summed E-state index contributed by atoms with van der Waals surface area (Å²) in [5.74, 6) is 1.66. The Labute approximate surface area is 113 Å². The second-order valence-electron chi connectivity index (χ2n) is 4.15. The zero-order chi connectivity index (χ0) is 13.5. The molecule has 0 bridgehead atoms. The normalized spacial score (nSPS) is 10.2. The van der Waals surface area contributed by atoms with Crippen LogP contribution in [0.4, 0.5) is 0 Å². The Hall–Kier alpha value is -2.07. The van der Waals surface area contributed by atoms with Crippen LogP contribution in [0.25, 0.3) is 0 Å². The molecule has 0 spiro atoms. The number of benzene rings is 1. The zero-order valence-corrected chi connectivity index (χ0v) is 11.2. The van der Waals surface area contributed by atoms with E-state index in [-0.39, 0.29) is 0 Å². The zero-order valence-electron chi connectivity index (χ0n) is 11.2. The number of hydrogen-bond donors (Lipinski definition) is 1. The molecule has 0 amide bonds. The first-order valence-electron chi connectivity index (χ1n) is 6.16. The van der Waals surface area contributed by atoms with Crippen molar-refractivity contribution < 1.29 is 9.47 Å². The monoisotopic (exact) mass is 258 g/mol. The van der Waals surface area contributed by atoms with Gasteiger partial charge in [0.15, 0.2) is 0 Å². The summed E-state index contributed by atoms with van der Waals surface area (Å²) in [6, 6.07) is 9.80. The topological polar surface area (TPSA) is 43.4 Å². The maximum atomic E-state index is 5.81. The van der Waals surface area contributed by atoms with Crippen LogP contribution in [0.3, 0.4) is 0 Å². The van der Waals surface area contributed by atoms with Gasteiger partial charge < -0.3 is 14.8 Å². The highest BCUT2D eigenvalue weighted by atomic mass is 16.5. The highest BCUT2D eigenvalue weighted by molar-refractivity contribution is 5.31. The smallest absolute Gasteiger partial charge is 0.142 e. The van der Waals surface area contributed by atoms with Gasteiger partial charge in [-0.2, -0.15) is 0 Å². The van der Waals surface area contributed by atoms with Crippen molar-refractivity contribution in [2.24, 2.45) is 0 Å². The number of hydrogen-bond acceptors (Lipinski definition) is 4. The molecular formula is C15H18N2O2. The van der Waals surface area contributed by atoms with E-state index in [1.807, 2.05) is 37.4 Å². The van der Waals surface area contributed by atoms with E-state index in [0.29, 0.717) is 6.61 Å². The van der Waals surface area contributed by atoms with Crippen molar-refractivity contribution in [1.82, 2.24) is 10.3 Å². The van der Waals surface area contributed by atoms with Gasteiger partial charge >= 0.3 is 0 Å². The van der Waals surface area contributed by atoms with Crippen LogP contribution in [-0.2, 0) is 13.2 Å². The van der Waals surface area contributed by atoms with E-state index >= 15 is 0 Å². The average Bonchev–Trinajstić information content (AvgIpc) is 2.47. The standard InChI is InChI=1S/C15H18N2O2/c1-16-9-13-7-8-17-10-15(13)19-11-12-3-5-14(18-2)6-4-12/h3-8,10,16H,9,11H2,1-2H3. The minimum atomic E-state index is 0.520. The number of pyridine rings is 1. The van der Waals surface area contributed by atoms with Gasteiger partial charge in [-0.05, 0) is 30.8 Å². The first-order chi connectivity index (χ1) is 9.33. The van der Waals surface area contributed by atoms with Crippen LogP contribution < -0.4 is 14.8 Å². The summed E-state index contributed by atoms with van der Waals surface area (Å²) < 4.78 is 10.9. The van der Waals surface area contributed by atoms with Crippen LogP contribution in [0, 0.1) is 0 Å². The fourth-order valence-corrected chi connectivity index (χ4v) is 1.76. The summed E-state index contributed by atoms with van der Waals surface area (Å²) in [6.45, 7) is 1.28. The van der Waals surface area contributed by atoms with E-state index in [9.17, 15) is 0 Å². The number of ether oxygens (including phenoxy) is 2. The van der Waals surface area contributed by atoms with Crippen LogP contribution in [0.1, 0.15) is 11.1 Å². The van der Waals surface area contributed by atoms with E-state index in [2.05, 4.69) is 10.3 Å². The predicted molar refractivity (Wildman–Crippen MR) is 74.3 cm³/mol. The van der Waals surface area contributed by atoms with Crippen molar-refractivity contribution in [2.75, 3.05) is 14.2 Å². The molecule has 1 N–H and O–H groups in total. The number of nitrogens with one attached hydrogen (secondary N) is 1. The second kappa shape index (κ2) is 6.75. The van der Waals surface area contributed by atoms with Crippen molar-refractivity contribution in [2.45, 2.75) is 13.2 Å². The van der Waals surface area contributed by atoms with E-state index in [1.165, 1.54) is 0 Å². The Morgan fingerprint density at radius 2 is 1.95 bits per heavy atom. The summed E-state index contributed by atoms with van der Waals surface area (Å²) in [5.41, 5.74) is 2.20. The molecule has 0 saturated carbocycles. The molecule has 0 radical (unpaired) electrons. The Bertz CT molecular complexity index is 512.